The van der Waals surface area contributed by atoms with Crippen LogP contribution in [-0.2, 0) is 11.2 Å². The molecule has 31 heavy (non-hydrogen) atoms. The van der Waals surface area contributed by atoms with Crippen molar-refractivity contribution < 1.29 is 9.90 Å². The van der Waals surface area contributed by atoms with Gasteiger partial charge < -0.3 is 15.7 Å². The lowest BCUT2D eigenvalue weighted by atomic mass is 9.95. The molecule has 0 saturated heterocycles. The number of amides is 1. The first-order valence-electron chi connectivity index (χ1n) is 10.1. The molecule has 2 heterocycles. The molecule has 8 heteroatoms. The number of para-hydroxylation sites is 1. The van der Waals surface area contributed by atoms with Crippen LogP contribution in [0.2, 0.25) is 5.02 Å². The first kappa shape index (κ1) is 21.1. The summed E-state index contributed by atoms with van der Waals surface area (Å²) in [6, 6.07) is 14.6. The Morgan fingerprint density at radius 1 is 1.19 bits per heavy atom. The number of hydrogen-bond acceptors (Lipinski definition) is 5. The second-order valence-corrected chi connectivity index (χ2v) is 7.95. The molecule has 0 radical (unpaired) electrons. The molecule has 0 bridgehead atoms. The van der Waals surface area contributed by atoms with Crippen molar-refractivity contribution in [1.82, 2.24) is 14.8 Å². The van der Waals surface area contributed by atoms with Gasteiger partial charge in [-0.1, -0.05) is 41.9 Å². The van der Waals surface area contributed by atoms with Gasteiger partial charge in [-0.15, -0.1) is 0 Å². The van der Waals surface area contributed by atoms with Crippen LogP contribution in [0.4, 0.5) is 11.6 Å². The van der Waals surface area contributed by atoms with Crippen LogP contribution in [0.1, 0.15) is 36.3 Å². The third-order valence-electron chi connectivity index (χ3n) is 5.28. The Labute approximate surface area is 185 Å². The fourth-order valence-electron chi connectivity index (χ4n) is 3.69. The number of nitrogens with zero attached hydrogens (tertiary/aromatic N) is 3. The second-order valence-electron chi connectivity index (χ2n) is 7.51. The van der Waals surface area contributed by atoms with E-state index in [9.17, 15) is 4.79 Å². The molecular weight excluding hydrogens is 414 g/mol. The van der Waals surface area contributed by atoms with Crippen LogP contribution >= 0.6 is 11.6 Å². The Morgan fingerprint density at radius 3 is 2.65 bits per heavy atom. The maximum atomic E-state index is 13.4. The van der Waals surface area contributed by atoms with Crippen molar-refractivity contribution in [1.29, 1.82) is 0 Å². The number of hydrogen-bond donors (Lipinski definition) is 3. The number of benzene rings is 2. The summed E-state index contributed by atoms with van der Waals surface area (Å²) in [6.07, 6.45) is 1.12. The van der Waals surface area contributed by atoms with Crippen molar-refractivity contribution in [2.24, 2.45) is 0 Å². The Hall–Kier alpha value is -3.16. The zero-order valence-corrected chi connectivity index (χ0v) is 18.1. The average Bonchev–Trinajstić information content (AvgIpc) is 3.15. The number of aromatic nitrogens is 3. The molecule has 0 unspecified atom stereocenters. The number of carbonyl (C=O) groups is 1. The van der Waals surface area contributed by atoms with E-state index >= 15 is 0 Å². The van der Waals surface area contributed by atoms with Crippen LogP contribution in [-0.4, -0.2) is 32.4 Å². The van der Waals surface area contributed by atoms with Gasteiger partial charge in [-0.05, 0) is 49.6 Å². The first-order valence-corrected chi connectivity index (χ1v) is 10.5. The molecule has 0 aliphatic carbocycles. The lowest BCUT2D eigenvalue weighted by Crippen LogP contribution is -2.31. The van der Waals surface area contributed by atoms with Gasteiger partial charge in [0.1, 0.15) is 6.04 Å². The summed E-state index contributed by atoms with van der Waals surface area (Å²) >= 11 is 6.10. The monoisotopic (exact) mass is 437 g/mol. The SMILES string of the molecule is CC1=C(C(=O)Nc2ccccc2C)[C@@H](c2ccc(Cl)cc2)n2nc(CCCO)nc2N1. The van der Waals surface area contributed by atoms with Crippen molar-refractivity contribution in [2.75, 3.05) is 17.2 Å². The van der Waals surface area contributed by atoms with Crippen molar-refractivity contribution in [3.05, 3.63) is 81.8 Å². The number of allylic oxidation sites excluding steroid dienone is 1. The third-order valence-corrected chi connectivity index (χ3v) is 5.53. The van der Waals surface area contributed by atoms with Gasteiger partial charge in [-0.25, -0.2) is 4.68 Å². The maximum Gasteiger partial charge on any atom is 0.255 e. The van der Waals surface area contributed by atoms with Gasteiger partial charge in [0.05, 0.1) is 5.57 Å². The minimum atomic E-state index is -0.465. The van der Waals surface area contributed by atoms with Gasteiger partial charge in [0.2, 0.25) is 5.95 Å². The Kier molecular flexibility index (Phi) is 6.06. The smallest absolute Gasteiger partial charge is 0.255 e. The quantitative estimate of drug-likeness (QED) is 0.540. The predicted molar refractivity (Wildman–Crippen MR) is 121 cm³/mol. The van der Waals surface area contributed by atoms with E-state index < -0.39 is 6.04 Å². The molecule has 4 rings (SSSR count). The molecule has 3 N–H and O–H groups in total. The van der Waals surface area contributed by atoms with Gasteiger partial charge in [-0.3, -0.25) is 4.79 Å². The molecule has 1 atom stereocenters. The van der Waals surface area contributed by atoms with Crippen LogP contribution in [0.3, 0.4) is 0 Å². The number of aliphatic hydroxyl groups is 1. The van der Waals surface area contributed by atoms with Gasteiger partial charge in [0.15, 0.2) is 5.82 Å². The summed E-state index contributed by atoms with van der Waals surface area (Å²) in [5.74, 6) is 0.971. The molecule has 7 nitrogen and oxygen atoms in total. The number of nitrogens with one attached hydrogen (secondary N) is 2. The van der Waals surface area contributed by atoms with E-state index in [4.69, 9.17) is 16.7 Å². The molecule has 0 saturated carbocycles. The van der Waals surface area contributed by atoms with Crippen LogP contribution in [0.15, 0.2) is 59.8 Å². The topological polar surface area (TPSA) is 92.1 Å². The number of carbonyl (C=O) groups excluding carboxylic acids is 1. The van der Waals surface area contributed by atoms with Gasteiger partial charge in [0, 0.05) is 29.4 Å². The molecule has 1 amide bonds. The molecule has 0 spiro atoms. The number of halogens is 1. The van der Waals surface area contributed by atoms with E-state index in [2.05, 4.69) is 20.7 Å². The van der Waals surface area contributed by atoms with E-state index in [1.807, 2.05) is 50.2 Å². The number of aryl methyl sites for hydroxylation is 2. The molecule has 0 fully saturated rings. The average molecular weight is 438 g/mol. The first-order chi connectivity index (χ1) is 15.0. The molecule has 2 aromatic carbocycles. The van der Waals surface area contributed by atoms with E-state index in [-0.39, 0.29) is 12.5 Å². The third kappa shape index (κ3) is 4.33. The number of aliphatic hydroxyl groups excluding tert-OH is 1. The molecular formula is C23H24ClN5O2. The van der Waals surface area contributed by atoms with Crippen molar-refractivity contribution in [3.8, 4) is 0 Å². The van der Waals surface area contributed by atoms with Crippen LogP contribution in [0.5, 0.6) is 0 Å². The normalized spacial score (nSPS) is 15.4. The minimum Gasteiger partial charge on any atom is -0.396 e. The number of rotatable bonds is 6. The van der Waals surface area contributed by atoms with Crippen LogP contribution < -0.4 is 10.6 Å². The summed E-state index contributed by atoms with van der Waals surface area (Å²) in [5, 5.41) is 20.7. The Balaban J connectivity index is 1.76. The van der Waals surface area contributed by atoms with Gasteiger partial charge in [-0.2, -0.15) is 10.1 Å². The summed E-state index contributed by atoms with van der Waals surface area (Å²) in [6.45, 7) is 3.89. The second kappa shape index (κ2) is 8.91. The van der Waals surface area contributed by atoms with E-state index in [0.29, 0.717) is 40.9 Å². The summed E-state index contributed by atoms with van der Waals surface area (Å²) in [7, 11) is 0. The highest BCUT2D eigenvalue weighted by atomic mass is 35.5. The van der Waals surface area contributed by atoms with Crippen LogP contribution in [0.25, 0.3) is 0 Å². The van der Waals surface area contributed by atoms with Crippen molar-refractivity contribution >= 4 is 29.1 Å². The van der Waals surface area contributed by atoms with Crippen LogP contribution in [0, 0.1) is 6.92 Å². The molecule has 1 aliphatic rings. The summed E-state index contributed by atoms with van der Waals surface area (Å²) < 4.78 is 1.73. The summed E-state index contributed by atoms with van der Waals surface area (Å²) in [5.41, 5.74) is 3.88. The minimum absolute atomic E-state index is 0.0687. The number of fused-ring (bicyclic) bond motifs is 1. The highest BCUT2D eigenvalue weighted by molar-refractivity contribution is 6.30. The molecule has 1 aromatic heterocycles. The number of anilines is 2. The van der Waals surface area contributed by atoms with Gasteiger partial charge >= 0.3 is 0 Å². The predicted octanol–water partition coefficient (Wildman–Crippen LogP) is 4.09. The Morgan fingerprint density at radius 2 is 1.94 bits per heavy atom. The van der Waals surface area contributed by atoms with E-state index in [1.165, 1.54) is 0 Å². The standard InChI is InChI=1S/C23H24ClN5O2/c1-14-6-3-4-7-18(14)26-22(31)20-15(2)25-23-27-19(8-5-13-30)28-29(23)21(20)16-9-11-17(24)12-10-16/h3-4,6-7,9-12,21,30H,5,8,13H2,1-2H3,(H,26,31)(H,25,27,28)/t21-/m1/s1. The lowest BCUT2D eigenvalue weighted by molar-refractivity contribution is -0.113. The Bertz CT molecular complexity index is 1140. The fraction of sp³-hybridized carbons (Fsp3) is 0.261. The molecule has 160 valence electrons. The lowest BCUT2D eigenvalue weighted by Gasteiger charge is -2.29. The highest BCUT2D eigenvalue weighted by Gasteiger charge is 2.34. The zero-order valence-electron chi connectivity index (χ0n) is 17.4. The largest absolute Gasteiger partial charge is 0.396 e. The van der Waals surface area contributed by atoms with Crippen molar-refractivity contribution in [3.63, 3.8) is 0 Å². The zero-order chi connectivity index (χ0) is 22.0. The highest BCUT2D eigenvalue weighted by Crippen LogP contribution is 2.36. The van der Waals surface area contributed by atoms with E-state index in [0.717, 1.165) is 16.8 Å². The summed E-state index contributed by atoms with van der Waals surface area (Å²) in [4.78, 5) is 18.0. The maximum absolute atomic E-state index is 13.4. The molecule has 3 aromatic rings. The molecule has 1 aliphatic heterocycles. The van der Waals surface area contributed by atoms with E-state index in [1.54, 1.807) is 16.8 Å². The van der Waals surface area contributed by atoms with Gasteiger partial charge in [0.25, 0.3) is 5.91 Å². The fourth-order valence-corrected chi connectivity index (χ4v) is 3.81. The van der Waals surface area contributed by atoms with Crippen molar-refractivity contribution in [2.45, 2.75) is 32.7 Å².